The summed E-state index contributed by atoms with van der Waals surface area (Å²) in [6.45, 7) is 5.15. The van der Waals surface area contributed by atoms with Crippen LogP contribution in [0, 0.1) is 0 Å². The third-order valence-corrected chi connectivity index (χ3v) is 5.35. The zero-order chi connectivity index (χ0) is 21.0. The second-order valence-electron chi connectivity index (χ2n) is 7.73. The normalized spacial score (nSPS) is 18.0. The standard InChI is InChI=1S/C20H27N7O3/c28-18(26-9-6-21-7-10-26)24-17-5-8-27(19(29)25-17)16-3-1-15(2-4-16)11-22-12-20(30)13-23-14-20/h1-5,8,21-23,30H,6-7,9-14H2,(H,24,25,28,29). The number of aromatic nitrogens is 2. The van der Waals surface area contributed by atoms with E-state index in [-0.39, 0.29) is 11.8 Å². The third-order valence-electron chi connectivity index (χ3n) is 5.35. The molecule has 2 saturated heterocycles. The Balaban J connectivity index is 1.35. The van der Waals surface area contributed by atoms with Crippen LogP contribution in [-0.4, -0.2) is 77.0 Å². The van der Waals surface area contributed by atoms with E-state index in [1.807, 2.05) is 24.3 Å². The maximum Gasteiger partial charge on any atom is 0.354 e. The number of benzene rings is 1. The van der Waals surface area contributed by atoms with Gasteiger partial charge in [-0.1, -0.05) is 12.1 Å². The molecule has 0 saturated carbocycles. The van der Waals surface area contributed by atoms with E-state index in [2.05, 4.69) is 26.3 Å². The number of hydrogen-bond donors (Lipinski definition) is 5. The molecule has 0 unspecified atom stereocenters. The van der Waals surface area contributed by atoms with Crippen molar-refractivity contribution in [3.63, 3.8) is 0 Å². The topological polar surface area (TPSA) is 124 Å². The van der Waals surface area contributed by atoms with Crippen LogP contribution in [0.2, 0.25) is 0 Å². The van der Waals surface area contributed by atoms with Crippen LogP contribution >= 0.6 is 0 Å². The van der Waals surface area contributed by atoms with E-state index < -0.39 is 11.3 Å². The summed E-state index contributed by atoms with van der Waals surface area (Å²) >= 11 is 0. The second kappa shape index (κ2) is 8.92. The van der Waals surface area contributed by atoms with E-state index in [9.17, 15) is 14.7 Å². The molecule has 10 nitrogen and oxygen atoms in total. The molecule has 2 amide bonds. The Kier molecular flexibility index (Phi) is 6.09. The molecule has 0 radical (unpaired) electrons. The van der Waals surface area contributed by atoms with Gasteiger partial charge in [-0.2, -0.15) is 4.98 Å². The lowest BCUT2D eigenvalue weighted by Gasteiger charge is -2.37. The van der Waals surface area contributed by atoms with E-state index in [1.165, 1.54) is 4.57 Å². The lowest BCUT2D eigenvalue weighted by molar-refractivity contribution is -0.00859. The number of anilines is 1. The minimum Gasteiger partial charge on any atom is -0.386 e. The van der Waals surface area contributed by atoms with Gasteiger partial charge in [0.2, 0.25) is 0 Å². The maximum absolute atomic E-state index is 12.4. The average Bonchev–Trinajstić information content (AvgIpc) is 2.74. The van der Waals surface area contributed by atoms with Crippen LogP contribution in [-0.2, 0) is 6.54 Å². The first kappa shape index (κ1) is 20.5. The quantitative estimate of drug-likeness (QED) is 0.416. The van der Waals surface area contributed by atoms with E-state index in [0.717, 1.165) is 18.7 Å². The molecule has 0 atom stereocenters. The van der Waals surface area contributed by atoms with Crippen molar-refractivity contribution in [1.82, 2.24) is 30.4 Å². The highest BCUT2D eigenvalue weighted by molar-refractivity contribution is 5.88. The Bertz CT molecular complexity index is 934. The molecule has 1 aromatic carbocycles. The fourth-order valence-electron chi connectivity index (χ4n) is 3.48. The zero-order valence-corrected chi connectivity index (χ0v) is 16.7. The summed E-state index contributed by atoms with van der Waals surface area (Å²) in [5.74, 6) is 0.240. The van der Waals surface area contributed by atoms with Crippen molar-refractivity contribution in [2.45, 2.75) is 12.1 Å². The SMILES string of the molecule is O=C(Nc1ccn(-c2ccc(CNCC3(O)CNC3)cc2)c(=O)n1)N1CCNCC1. The number of carbonyl (C=O) groups is 1. The van der Waals surface area contributed by atoms with Crippen LogP contribution in [0.15, 0.2) is 41.3 Å². The van der Waals surface area contributed by atoms with Gasteiger partial charge in [-0.3, -0.25) is 9.88 Å². The molecule has 3 heterocycles. The number of nitrogens with one attached hydrogen (secondary N) is 4. The van der Waals surface area contributed by atoms with Gasteiger partial charge in [-0.25, -0.2) is 9.59 Å². The van der Waals surface area contributed by atoms with Gasteiger partial charge in [0.05, 0.1) is 5.69 Å². The number of β-amino-alcohol motifs (C(OH)–C–C–N with tert-alkyl or cyclic N) is 1. The smallest absolute Gasteiger partial charge is 0.354 e. The fourth-order valence-corrected chi connectivity index (χ4v) is 3.48. The Morgan fingerprint density at radius 2 is 1.87 bits per heavy atom. The molecule has 4 rings (SSSR count). The first-order valence-corrected chi connectivity index (χ1v) is 10.1. The minimum absolute atomic E-state index is 0.240. The van der Waals surface area contributed by atoms with E-state index in [0.29, 0.717) is 45.0 Å². The number of amides is 2. The first-order chi connectivity index (χ1) is 14.5. The first-order valence-electron chi connectivity index (χ1n) is 10.1. The minimum atomic E-state index is -0.652. The Morgan fingerprint density at radius 1 is 1.13 bits per heavy atom. The molecule has 0 aliphatic carbocycles. The summed E-state index contributed by atoms with van der Waals surface area (Å²) < 4.78 is 1.43. The van der Waals surface area contributed by atoms with E-state index in [1.54, 1.807) is 17.2 Å². The van der Waals surface area contributed by atoms with Crippen LogP contribution < -0.4 is 27.0 Å². The molecule has 10 heteroatoms. The summed E-state index contributed by atoms with van der Waals surface area (Å²) in [7, 11) is 0. The summed E-state index contributed by atoms with van der Waals surface area (Å²) in [5, 5.41) is 22.2. The van der Waals surface area contributed by atoms with Crippen LogP contribution in [0.3, 0.4) is 0 Å². The van der Waals surface area contributed by atoms with Crippen molar-refractivity contribution >= 4 is 11.8 Å². The van der Waals surface area contributed by atoms with Gasteiger partial charge in [-0.15, -0.1) is 0 Å². The number of hydrogen-bond acceptors (Lipinski definition) is 7. The lowest BCUT2D eigenvalue weighted by atomic mass is 9.97. The van der Waals surface area contributed by atoms with Crippen molar-refractivity contribution in [1.29, 1.82) is 0 Å². The lowest BCUT2D eigenvalue weighted by Crippen LogP contribution is -2.64. The van der Waals surface area contributed by atoms with Crippen LogP contribution in [0.25, 0.3) is 5.69 Å². The van der Waals surface area contributed by atoms with Gasteiger partial charge in [0, 0.05) is 58.6 Å². The molecule has 30 heavy (non-hydrogen) atoms. The van der Waals surface area contributed by atoms with E-state index >= 15 is 0 Å². The second-order valence-corrected chi connectivity index (χ2v) is 7.73. The molecule has 0 bridgehead atoms. The largest absolute Gasteiger partial charge is 0.386 e. The molecule has 2 fully saturated rings. The van der Waals surface area contributed by atoms with Crippen molar-refractivity contribution < 1.29 is 9.90 Å². The highest BCUT2D eigenvalue weighted by atomic mass is 16.3. The summed E-state index contributed by atoms with van der Waals surface area (Å²) in [4.78, 5) is 30.4. The van der Waals surface area contributed by atoms with Crippen LogP contribution in [0.5, 0.6) is 0 Å². The Hall–Kier alpha value is -2.79. The van der Waals surface area contributed by atoms with Gasteiger partial charge in [0.1, 0.15) is 11.4 Å². The van der Waals surface area contributed by atoms with Crippen molar-refractivity contribution in [3.05, 3.63) is 52.6 Å². The Labute approximate surface area is 174 Å². The van der Waals surface area contributed by atoms with Gasteiger partial charge in [0.25, 0.3) is 0 Å². The van der Waals surface area contributed by atoms with Gasteiger partial charge < -0.3 is 26.0 Å². The molecular weight excluding hydrogens is 386 g/mol. The number of carbonyl (C=O) groups excluding carboxylic acids is 1. The molecule has 1 aromatic heterocycles. The summed E-state index contributed by atoms with van der Waals surface area (Å²) in [5.41, 5.74) is 0.633. The molecule has 2 aliphatic rings. The van der Waals surface area contributed by atoms with Crippen LogP contribution in [0.1, 0.15) is 5.56 Å². The number of piperazine rings is 1. The maximum atomic E-state index is 12.4. The summed E-state index contributed by atoms with van der Waals surface area (Å²) in [6, 6.07) is 8.91. The third kappa shape index (κ3) is 4.85. The number of aliphatic hydroxyl groups is 1. The van der Waals surface area contributed by atoms with E-state index in [4.69, 9.17) is 0 Å². The number of urea groups is 1. The van der Waals surface area contributed by atoms with Crippen molar-refractivity contribution in [2.75, 3.05) is 51.1 Å². The number of nitrogens with zero attached hydrogens (tertiary/aromatic N) is 3. The van der Waals surface area contributed by atoms with Crippen LogP contribution in [0.4, 0.5) is 10.6 Å². The fraction of sp³-hybridized carbons (Fsp3) is 0.450. The molecule has 0 spiro atoms. The highest BCUT2D eigenvalue weighted by Gasteiger charge is 2.33. The predicted molar refractivity (Wildman–Crippen MR) is 113 cm³/mol. The molecule has 160 valence electrons. The van der Waals surface area contributed by atoms with Gasteiger partial charge in [0.15, 0.2) is 0 Å². The molecule has 5 N–H and O–H groups in total. The monoisotopic (exact) mass is 413 g/mol. The van der Waals surface area contributed by atoms with Crippen molar-refractivity contribution in [3.8, 4) is 5.69 Å². The highest BCUT2D eigenvalue weighted by Crippen LogP contribution is 2.11. The average molecular weight is 413 g/mol. The number of rotatable bonds is 6. The predicted octanol–water partition coefficient (Wildman–Crippen LogP) is -0.906. The molecule has 2 aliphatic heterocycles. The molecule has 2 aromatic rings. The zero-order valence-electron chi connectivity index (χ0n) is 16.7. The molecular formula is C20H27N7O3. The van der Waals surface area contributed by atoms with Gasteiger partial charge in [-0.05, 0) is 23.8 Å². The Morgan fingerprint density at radius 3 is 2.50 bits per heavy atom. The van der Waals surface area contributed by atoms with Gasteiger partial charge >= 0.3 is 11.7 Å². The summed E-state index contributed by atoms with van der Waals surface area (Å²) in [6.07, 6.45) is 1.61. The van der Waals surface area contributed by atoms with Crippen molar-refractivity contribution in [2.24, 2.45) is 0 Å².